The van der Waals surface area contributed by atoms with E-state index in [1.807, 2.05) is 0 Å². The van der Waals surface area contributed by atoms with Crippen LogP contribution in [0.4, 0.5) is 0 Å². The van der Waals surface area contributed by atoms with Gasteiger partial charge < -0.3 is 15.7 Å². The number of carboxylic acid groups (broad SMARTS) is 1. The highest BCUT2D eigenvalue weighted by Gasteiger charge is 2.18. The minimum Gasteiger partial charge on any atom is -0.480 e. The molecule has 1 amide bonds. The van der Waals surface area contributed by atoms with Crippen molar-refractivity contribution in [2.75, 3.05) is 13.1 Å². The predicted molar refractivity (Wildman–Crippen MR) is 48.4 cm³/mol. The zero-order valence-corrected chi connectivity index (χ0v) is 7.96. The van der Waals surface area contributed by atoms with Gasteiger partial charge >= 0.3 is 5.97 Å². The highest BCUT2D eigenvalue weighted by atomic mass is 16.4. The van der Waals surface area contributed by atoms with Crippen LogP contribution in [-0.4, -0.2) is 36.1 Å². The van der Waals surface area contributed by atoms with Gasteiger partial charge in [-0.25, -0.2) is 0 Å². The lowest BCUT2D eigenvalue weighted by atomic mass is 10.2. The lowest BCUT2D eigenvalue weighted by Gasteiger charge is -2.11. The number of hydrogen-bond donors (Lipinski definition) is 3. The lowest BCUT2D eigenvalue weighted by Crippen LogP contribution is -2.41. The summed E-state index contributed by atoms with van der Waals surface area (Å²) < 4.78 is 0. The normalized spacial score (nSPS) is 12.2. The average Bonchev–Trinajstić information content (AvgIpc) is 2.04. The number of amides is 1. The summed E-state index contributed by atoms with van der Waals surface area (Å²) in [5.74, 6) is -1.23. The van der Waals surface area contributed by atoms with E-state index in [9.17, 15) is 9.59 Å². The van der Waals surface area contributed by atoms with Gasteiger partial charge in [0.25, 0.3) is 0 Å². The largest absolute Gasteiger partial charge is 0.480 e. The fraction of sp³-hybridized carbons (Fsp3) is 0.750. The minimum absolute atomic E-state index is 0.0169. The summed E-state index contributed by atoms with van der Waals surface area (Å²) in [5, 5.41) is 13.9. The van der Waals surface area contributed by atoms with E-state index in [4.69, 9.17) is 5.11 Å². The maximum absolute atomic E-state index is 11.0. The summed E-state index contributed by atoms with van der Waals surface area (Å²) in [6, 6.07) is -0.781. The lowest BCUT2D eigenvalue weighted by molar-refractivity contribution is -0.141. The fourth-order valence-electron chi connectivity index (χ4n) is 0.948. The van der Waals surface area contributed by atoms with Crippen molar-refractivity contribution in [2.24, 2.45) is 0 Å². The molecule has 0 spiro atoms. The summed E-state index contributed by atoms with van der Waals surface area (Å²) in [4.78, 5) is 21.6. The Morgan fingerprint density at radius 1 is 1.31 bits per heavy atom. The van der Waals surface area contributed by atoms with Crippen LogP contribution in [0.25, 0.3) is 0 Å². The van der Waals surface area contributed by atoms with Crippen molar-refractivity contribution in [3.8, 4) is 0 Å². The second-order valence-electron chi connectivity index (χ2n) is 2.61. The van der Waals surface area contributed by atoms with Crippen LogP contribution in [0.3, 0.4) is 0 Å². The molecule has 0 saturated heterocycles. The van der Waals surface area contributed by atoms with Crippen LogP contribution in [0.5, 0.6) is 0 Å². The van der Waals surface area contributed by atoms with Crippen molar-refractivity contribution in [3.63, 3.8) is 0 Å². The van der Waals surface area contributed by atoms with Crippen LogP contribution in [0.15, 0.2) is 0 Å². The van der Waals surface area contributed by atoms with Crippen LogP contribution in [-0.2, 0) is 9.59 Å². The Balaban J connectivity index is 3.94. The van der Waals surface area contributed by atoms with Gasteiger partial charge in [-0.1, -0.05) is 6.92 Å². The van der Waals surface area contributed by atoms with Gasteiger partial charge in [-0.3, -0.25) is 9.59 Å². The standard InChI is InChI=1S/C8H16N2O3/c1-3-9-6(8(12)13)5-7(11)10-4-2/h6,9H,3-5H2,1-2H3,(H,10,11)(H,12,13). The third-order valence-corrected chi connectivity index (χ3v) is 1.51. The van der Waals surface area contributed by atoms with E-state index in [1.165, 1.54) is 0 Å². The molecule has 0 radical (unpaired) electrons. The first-order chi connectivity index (χ1) is 6.11. The summed E-state index contributed by atoms with van der Waals surface area (Å²) in [6.07, 6.45) is -0.0169. The van der Waals surface area contributed by atoms with Gasteiger partial charge in [-0.05, 0) is 13.5 Å². The highest BCUT2D eigenvalue weighted by molar-refractivity contribution is 5.84. The van der Waals surface area contributed by atoms with E-state index < -0.39 is 12.0 Å². The SMILES string of the molecule is CCNC(=O)CC(NCC)C(=O)O. The van der Waals surface area contributed by atoms with Crippen LogP contribution in [0, 0.1) is 0 Å². The Morgan fingerprint density at radius 2 is 1.92 bits per heavy atom. The molecular formula is C8H16N2O3. The number of rotatable bonds is 6. The third-order valence-electron chi connectivity index (χ3n) is 1.51. The number of hydrogen-bond acceptors (Lipinski definition) is 3. The number of nitrogens with one attached hydrogen (secondary N) is 2. The summed E-state index contributed by atoms with van der Waals surface area (Å²) in [6.45, 7) is 4.66. The molecule has 76 valence electrons. The molecule has 0 heterocycles. The molecule has 0 aliphatic heterocycles. The molecule has 0 aromatic rings. The number of carbonyl (C=O) groups excluding carboxylic acids is 1. The zero-order valence-electron chi connectivity index (χ0n) is 7.96. The topological polar surface area (TPSA) is 78.4 Å². The Kier molecular flexibility index (Phi) is 5.88. The molecule has 0 aromatic carbocycles. The maximum Gasteiger partial charge on any atom is 0.321 e. The molecule has 0 rings (SSSR count). The average molecular weight is 188 g/mol. The van der Waals surface area contributed by atoms with Gasteiger partial charge in [0, 0.05) is 6.54 Å². The molecule has 5 nitrogen and oxygen atoms in total. The monoisotopic (exact) mass is 188 g/mol. The molecule has 3 N–H and O–H groups in total. The fourth-order valence-corrected chi connectivity index (χ4v) is 0.948. The molecule has 5 heteroatoms. The van der Waals surface area contributed by atoms with Crippen LogP contribution >= 0.6 is 0 Å². The summed E-state index contributed by atoms with van der Waals surface area (Å²) in [5.41, 5.74) is 0. The Morgan fingerprint density at radius 3 is 2.31 bits per heavy atom. The second-order valence-corrected chi connectivity index (χ2v) is 2.61. The molecular weight excluding hydrogens is 172 g/mol. The van der Waals surface area contributed by atoms with Gasteiger partial charge in [-0.15, -0.1) is 0 Å². The molecule has 0 aliphatic carbocycles. The van der Waals surface area contributed by atoms with Gasteiger partial charge in [-0.2, -0.15) is 0 Å². The van der Waals surface area contributed by atoms with Crippen molar-refractivity contribution < 1.29 is 14.7 Å². The molecule has 1 unspecified atom stereocenters. The summed E-state index contributed by atoms with van der Waals surface area (Å²) in [7, 11) is 0. The Labute approximate surface area is 77.5 Å². The van der Waals surface area contributed by atoms with E-state index >= 15 is 0 Å². The van der Waals surface area contributed by atoms with E-state index in [1.54, 1.807) is 13.8 Å². The van der Waals surface area contributed by atoms with Gasteiger partial charge in [0.15, 0.2) is 0 Å². The Hall–Kier alpha value is -1.10. The van der Waals surface area contributed by atoms with E-state index in [0.29, 0.717) is 13.1 Å². The van der Waals surface area contributed by atoms with Crippen molar-refractivity contribution in [2.45, 2.75) is 26.3 Å². The van der Waals surface area contributed by atoms with Crippen molar-refractivity contribution in [1.82, 2.24) is 10.6 Å². The van der Waals surface area contributed by atoms with Gasteiger partial charge in [0.05, 0.1) is 6.42 Å². The molecule has 0 bridgehead atoms. The predicted octanol–water partition coefficient (Wildman–Crippen LogP) is -0.425. The van der Waals surface area contributed by atoms with Crippen LogP contribution < -0.4 is 10.6 Å². The molecule has 0 aromatic heterocycles. The quantitative estimate of drug-likeness (QED) is 0.529. The number of carbonyl (C=O) groups is 2. The first kappa shape index (κ1) is 11.9. The van der Waals surface area contributed by atoms with Gasteiger partial charge in [0.1, 0.15) is 6.04 Å². The van der Waals surface area contributed by atoms with Crippen LogP contribution in [0.2, 0.25) is 0 Å². The highest BCUT2D eigenvalue weighted by Crippen LogP contribution is 1.91. The Bertz CT molecular complexity index is 182. The van der Waals surface area contributed by atoms with Crippen molar-refractivity contribution in [3.05, 3.63) is 0 Å². The smallest absolute Gasteiger partial charge is 0.321 e. The first-order valence-electron chi connectivity index (χ1n) is 4.34. The van der Waals surface area contributed by atoms with Crippen molar-refractivity contribution in [1.29, 1.82) is 0 Å². The van der Waals surface area contributed by atoms with E-state index in [2.05, 4.69) is 10.6 Å². The number of aliphatic carboxylic acids is 1. The zero-order chi connectivity index (χ0) is 10.3. The van der Waals surface area contributed by atoms with Crippen LogP contribution in [0.1, 0.15) is 20.3 Å². The van der Waals surface area contributed by atoms with Crippen molar-refractivity contribution >= 4 is 11.9 Å². The molecule has 1 atom stereocenters. The second kappa shape index (κ2) is 6.42. The molecule has 0 saturated carbocycles. The van der Waals surface area contributed by atoms with E-state index in [0.717, 1.165) is 0 Å². The van der Waals surface area contributed by atoms with Gasteiger partial charge in [0.2, 0.25) is 5.91 Å². The molecule has 13 heavy (non-hydrogen) atoms. The maximum atomic E-state index is 11.0. The molecule has 0 aliphatic rings. The number of carboxylic acids is 1. The summed E-state index contributed by atoms with van der Waals surface area (Å²) >= 11 is 0. The minimum atomic E-state index is -0.992. The third kappa shape index (κ3) is 5.19. The number of likely N-dealkylation sites (N-methyl/N-ethyl adjacent to an activating group) is 1. The van der Waals surface area contributed by atoms with E-state index in [-0.39, 0.29) is 12.3 Å². The molecule has 0 fully saturated rings. The first-order valence-corrected chi connectivity index (χ1v) is 4.34.